The van der Waals surface area contributed by atoms with E-state index < -0.39 is 10.0 Å². The third kappa shape index (κ3) is 3.75. The molecule has 0 bridgehead atoms. The maximum Gasteiger partial charge on any atom is 0.250 e. The highest BCUT2D eigenvalue weighted by Crippen LogP contribution is 2.27. The molecule has 0 atom stereocenters. The molecule has 3 N–H and O–H groups in total. The SMILES string of the molecule is COc1cccc(Cl)c1CNS(=O)(=O)c1ccc(CN)s1. The first kappa shape index (κ1) is 16.3. The zero-order valence-electron chi connectivity index (χ0n) is 11.3. The van der Waals surface area contributed by atoms with Crippen LogP contribution in [0, 0.1) is 0 Å². The Morgan fingerprint density at radius 2 is 2.10 bits per heavy atom. The summed E-state index contributed by atoms with van der Waals surface area (Å²) in [4.78, 5) is 0.811. The van der Waals surface area contributed by atoms with Gasteiger partial charge in [0.2, 0.25) is 10.0 Å². The van der Waals surface area contributed by atoms with Gasteiger partial charge in [-0.2, -0.15) is 0 Å². The van der Waals surface area contributed by atoms with Crippen molar-refractivity contribution in [1.82, 2.24) is 4.72 Å². The molecule has 0 aliphatic rings. The van der Waals surface area contributed by atoms with Crippen molar-refractivity contribution in [3.63, 3.8) is 0 Å². The van der Waals surface area contributed by atoms with Crippen molar-refractivity contribution in [1.29, 1.82) is 0 Å². The molecule has 0 aliphatic heterocycles. The van der Waals surface area contributed by atoms with Crippen molar-refractivity contribution >= 4 is 33.0 Å². The number of halogens is 1. The number of nitrogens with one attached hydrogen (secondary N) is 1. The Morgan fingerprint density at radius 1 is 1.33 bits per heavy atom. The summed E-state index contributed by atoms with van der Waals surface area (Å²) >= 11 is 7.23. The van der Waals surface area contributed by atoms with Crippen LogP contribution in [0.1, 0.15) is 10.4 Å². The first-order chi connectivity index (χ1) is 9.97. The first-order valence-corrected chi connectivity index (χ1v) is 8.75. The standard InChI is InChI=1S/C13H15ClN2O3S2/c1-19-12-4-2-3-11(14)10(12)8-16-21(17,18)13-6-5-9(7-15)20-13/h2-6,16H,7-8,15H2,1H3. The molecule has 0 fully saturated rings. The van der Waals surface area contributed by atoms with Gasteiger partial charge in [-0.1, -0.05) is 17.7 Å². The molecule has 0 saturated heterocycles. The van der Waals surface area contributed by atoms with Crippen molar-refractivity contribution in [3.8, 4) is 5.75 Å². The Labute approximate surface area is 132 Å². The van der Waals surface area contributed by atoms with Gasteiger partial charge in [0.05, 0.1) is 7.11 Å². The molecule has 0 unspecified atom stereocenters. The Hall–Kier alpha value is -1.12. The number of sulfonamides is 1. The van der Waals surface area contributed by atoms with Gasteiger partial charge in [-0.3, -0.25) is 0 Å². The Balaban J connectivity index is 2.19. The molecule has 2 rings (SSSR count). The fourth-order valence-electron chi connectivity index (χ4n) is 1.75. The van der Waals surface area contributed by atoms with Gasteiger partial charge in [0.1, 0.15) is 9.96 Å². The minimum Gasteiger partial charge on any atom is -0.496 e. The molecular formula is C13H15ClN2O3S2. The van der Waals surface area contributed by atoms with E-state index in [1.807, 2.05) is 0 Å². The summed E-state index contributed by atoms with van der Waals surface area (Å²) in [5, 5.41) is 0.450. The number of methoxy groups -OCH3 is 1. The molecule has 5 nitrogen and oxygen atoms in total. The molecule has 1 heterocycles. The molecule has 0 aliphatic carbocycles. The van der Waals surface area contributed by atoms with Gasteiger partial charge in [0, 0.05) is 28.6 Å². The second-order valence-corrected chi connectivity index (χ2v) is 7.74. The number of benzene rings is 1. The molecule has 0 saturated carbocycles. The van der Waals surface area contributed by atoms with Crippen molar-refractivity contribution in [2.24, 2.45) is 5.73 Å². The van der Waals surface area contributed by atoms with Gasteiger partial charge < -0.3 is 10.5 Å². The lowest BCUT2D eigenvalue weighted by Crippen LogP contribution is -2.22. The topological polar surface area (TPSA) is 81.4 Å². The third-order valence-electron chi connectivity index (χ3n) is 2.84. The van der Waals surface area contributed by atoms with Crippen LogP contribution in [-0.4, -0.2) is 15.5 Å². The minimum absolute atomic E-state index is 0.0566. The maximum absolute atomic E-state index is 12.2. The highest BCUT2D eigenvalue weighted by molar-refractivity contribution is 7.91. The van der Waals surface area contributed by atoms with Crippen LogP contribution in [0.15, 0.2) is 34.5 Å². The minimum atomic E-state index is -3.59. The van der Waals surface area contributed by atoms with E-state index >= 15 is 0 Å². The second kappa shape index (κ2) is 6.76. The highest BCUT2D eigenvalue weighted by Gasteiger charge is 2.18. The lowest BCUT2D eigenvalue weighted by Gasteiger charge is -2.11. The number of rotatable bonds is 6. The fourth-order valence-corrected chi connectivity index (χ4v) is 4.26. The van der Waals surface area contributed by atoms with Gasteiger partial charge in [0.15, 0.2) is 0 Å². The van der Waals surface area contributed by atoms with Gasteiger partial charge in [-0.15, -0.1) is 11.3 Å². The quantitative estimate of drug-likeness (QED) is 0.841. The average molecular weight is 347 g/mol. The zero-order chi connectivity index (χ0) is 15.5. The lowest BCUT2D eigenvalue weighted by atomic mass is 10.2. The monoisotopic (exact) mass is 346 g/mol. The average Bonchev–Trinajstić information content (AvgIpc) is 2.95. The van der Waals surface area contributed by atoms with Crippen LogP contribution in [0.5, 0.6) is 5.75 Å². The van der Waals surface area contributed by atoms with Crippen LogP contribution in [0.2, 0.25) is 5.02 Å². The summed E-state index contributed by atoms with van der Waals surface area (Å²) in [5.41, 5.74) is 6.09. The number of hydrogen-bond donors (Lipinski definition) is 2. The molecule has 2 aromatic rings. The van der Waals surface area contributed by atoms with E-state index in [4.69, 9.17) is 22.1 Å². The molecule has 8 heteroatoms. The molecular weight excluding hydrogens is 332 g/mol. The molecule has 0 spiro atoms. The van der Waals surface area contributed by atoms with Crippen LogP contribution in [-0.2, 0) is 23.1 Å². The second-order valence-electron chi connectivity index (χ2n) is 4.17. The van der Waals surface area contributed by atoms with Crippen LogP contribution in [0.25, 0.3) is 0 Å². The van der Waals surface area contributed by atoms with Crippen molar-refractivity contribution < 1.29 is 13.2 Å². The summed E-state index contributed by atoms with van der Waals surface area (Å²) in [6.07, 6.45) is 0. The summed E-state index contributed by atoms with van der Waals surface area (Å²) in [7, 11) is -2.08. The fraction of sp³-hybridized carbons (Fsp3) is 0.231. The molecule has 114 valence electrons. The largest absolute Gasteiger partial charge is 0.496 e. The van der Waals surface area contributed by atoms with Gasteiger partial charge in [-0.25, -0.2) is 13.1 Å². The summed E-state index contributed by atoms with van der Waals surface area (Å²) in [6, 6.07) is 8.40. The predicted octanol–water partition coefficient (Wildman–Crippen LogP) is 2.35. The normalized spacial score (nSPS) is 11.6. The van der Waals surface area contributed by atoms with E-state index in [-0.39, 0.29) is 10.8 Å². The van der Waals surface area contributed by atoms with E-state index in [0.717, 1.165) is 16.2 Å². The van der Waals surface area contributed by atoms with E-state index in [9.17, 15) is 8.42 Å². The zero-order valence-corrected chi connectivity index (χ0v) is 13.7. The van der Waals surface area contributed by atoms with Crippen molar-refractivity contribution in [2.45, 2.75) is 17.3 Å². The molecule has 1 aromatic carbocycles. The first-order valence-electron chi connectivity index (χ1n) is 6.07. The highest BCUT2D eigenvalue weighted by atomic mass is 35.5. The van der Waals surface area contributed by atoms with Gasteiger partial charge in [0.25, 0.3) is 0 Å². The number of nitrogens with two attached hydrogens (primary N) is 1. The van der Waals surface area contributed by atoms with Crippen LogP contribution >= 0.6 is 22.9 Å². The predicted molar refractivity (Wildman–Crippen MR) is 84.2 cm³/mol. The van der Waals surface area contributed by atoms with Crippen molar-refractivity contribution in [2.75, 3.05) is 7.11 Å². The lowest BCUT2D eigenvalue weighted by molar-refractivity contribution is 0.409. The summed E-state index contributed by atoms with van der Waals surface area (Å²) < 4.78 is 32.4. The van der Waals surface area contributed by atoms with Gasteiger partial charge >= 0.3 is 0 Å². The van der Waals surface area contributed by atoms with Crippen LogP contribution in [0.3, 0.4) is 0 Å². The number of hydrogen-bond acceptors (Lipinski definition) is 5. The van der Waals surface area contributed by atoms with E-state index in [2.05, 4.69) is 4.72 Å². The number of thiophene rings is 1. The smallest absolute Gasteiger partial charge is 0.250 e. The summed E-state index contributed by atoms with van der Waals surface area (Å²) in [5.74, 6) is 0.541. The van der Waals surface area contributed by atoms with Gasteiger partial charge in [-0.05, 0) is 24.3 Å². The molecule has 0 radical (unpaired) electrons. The Bertz CT molecular complexity index is 729. The van der Waals surface area contributed by atoms with Crippen molar-refractivity contribution in [3.05, 3.63) is 45.8 Å². The molecule has 0 amide bonds. The van der Waals surface area contributed by atoms with E-state index in [1.165, 1.54) is 7.11 Å². The van der Waals surface area contributed by atoms with Crippen LogP contribution in [0.4, 0.5) is 0 Å². The summed E-state index contributed by atoms with van der Waals surface area (Å²) in [6.45, 7) is 0.375. The van der Waals surface area contributed by atoms with E-state index in [0.29, 0.717) is 22.9 Å². The van der Waals surface area contributed by atoms with Crippen LogP contribution < -0.4 is 15.2 Å². The maximum atomic E-state index is 12.2. The molecule has 1 aromatic heterocycles. The molecule has 21 heavy (non-hydrogen) atoms. The van der Waals surface area contributed by atoms with E-state index in [1.54, 1.807) is 30.3 Å². The Kier molecular flexibility index (Phi) is 5.23. The third-order valence-corrected chi connectivity index (χ3v) is 6.19. The number of ether oxygens (including phenoxy) is 1. The Morgan fingerprint density at radius 3 is 2.71 bits per heavy atom.